The number of ether oxygens (including phenoxy) is 1. The molecular formula is C14H20BrNO. The van der Waals surface area contributed by atoms with Crippen molar-refractivity contribution in [2.24, 2.45) is 0 Å². The van der Waals surface area contributed by atoms with Crippen LogP contribution in [0.2, 0.25) is 0 Å². The van der Waals surface area contributed by atoms with Crippen molar-refractivity contribution < 1.29 is 4.74 Å². The van der Waals surface area contributed by atoms with Gasteiger partial charge in [0.2, 0.25) is 0 Å². The lowest BCUT2D eigenvalue weighted by molar-refractivity contribution is 0.183. The SMILES string of the molecule is COCC(Br)CN(C)CC1Cc2ccccc21. The van der Waals surface area contributed by atoms with Crippen LogP contribution in [-0.2, 0) is 11.2 Å². The molecule has 3 heteroatoms. The molecule has 0 aliphatic heterocycles. The van der Waals surface area contributed by atoms with Crippen LogP contribution < -0.4 is 0 Å². The second kappa shape index (κ2) is 5.98. The highest BCUT2D eigenvalue weighted by Crippen LogP contribution is 2.35. The molecule has 0 saturated heterocycles. The maximum Gasteiger partial charge on any atom is 0.0600 e. The van der Waals surface area contributed by atoms with Crippen molar-refractivity contribution in [3.8, 4) is 0 Å². The fraction of sp³-hybridized carbons (Fsp3) is 0.571. The number of benzene rings is 1. The molecule has 0 bridgehead atoms. The molecule has 0 radical (unpaired) electrons. The molecule has 0 N–H and O–H groups in total. The number of hydrogen-bond donors (Lipinski definition) is 0. The van der Waals surface area contributed by atoms with Gasteiger partial charge in [0.05, 0.1) is 11.4 Å². The summed E-state index contributed by atoms with van der Waals surface area (Å²) in [5.74, 6) is 0.721. The van der Waals surface area contributed by atoms with E-state index in [9.17, 15) is 0 Å². The van der Waals surface area contributed by atoms with Crippen LogP contribution in [0.4, 0.5) is 0 Å². The first kappa shape index (κ1) is 13.1. The molecule has 0 spiro atoms. The van der Waals surface area contributed by atoms with Gasteiger partial charge in [-0.1, -0.05) is 40.2 Å². The first-order valence-electron chi connectivity index (χ1n) is 6.10. The van der Waals surface area contributed by atoms with E-state index in [4.69, 9.17) is 4.74 Å². The summed E-state index contributed by atoms with van der Waals surface area (Å²) in [7, 11) is 3.93. The van der Waals surface area contributed by atoms with Crippen molar-refractivity contribution in [3.63, 3.8) is 0 Å². The molecule has 0 saturated carbocycles. The van der Waals surface area contributed by atoms with E-state index in [0.717, 1.165) is 25.6 Å². The predicted molar refractivity (Wildman–Crippen MR) is 75.0 cm³/mol. The van der Waals surface area contributed by atoms with E-state index in [2.05, 4.69) is 52.1 Å². The molecule has 0 amide bonds. The molecule has 94 valence electrons. The highest BCUT2D eigenvalue weighted by atomic mass is 79.9. The Hall–Kier alpha value is -0.380. The summed E-state index contributed by atoms with van der Waals surface area (Å²) < 4.78 is 5.13. The van der Waals surface area contributed by atoms with E-state index >= 15 is 0 Å². The Morgan fingerprint density at radius 3 is 2.94 bits per heavy atom. The van der Waals surface area contributed by atoms with Crippen LogP contribution in [0.15, 0.2) is 24.3 Å². The van der Waals surface area contributed by atoms with E-state index < -0.39 is 0 Å². The third kappa shape index (κ3) is 3.30. The minimum atomic E-state index is 0.424. The molecule has 1 aliphatic rings. The van der Waals surface area contributed by atoms with Crippen LogP contribution in [0.5, 0.6) is 0 Å². The molecule has 2 rings (SSSR count). The number of nitrogens with zero attached hydrogens (tertiary/aromatic N) is 1. The zero-order chi connectivity index (χ0) is 12.3. The monoisotopic (exact) mass is 297 g/mol. The Kier molecular flexibility index (Phi) is 4.60. The molecule has 1 aromatic carbocycles. The smallest absolute Gasteiger partial charge is 0.0600 e. The number of likely N-dealkylation sites (N-methyl/N-ethyl adjacent to an activating group) is 1. The van der Waals surface area contributed by atoms with E-state index in [1.165, 1.54) is 17.5 Å². The Labute approximate surface area is 112 Å². The molecule has 2 unspecified atom stereocenters. The van der Waals surface area contributed by atoms with Crippen LogP contribution in [0.3, 0.4) is 0 Å². The standard InChI is InChI=1S/C14H20BrNO/c1-16(9-13(15)10-17-2)8-12-7-11-5-3-4-6-14(11)12/h3-6,12-13H,7-10H2,1-2H3. The number of alkyl halides is 1. The number of fused-ring (bicyclic) bond motifs is 1. The van der Waals surface area contributed by atoms with Gasteiger partial charge in [-0.25, -0.2) is 0 Å². The van der Waals surface area contributed by atoms with Gasteiger partial charge in [0.1, 0.15) is 0 Å². The van der Waals surface area contributed by atoms with Crippen molar-refractivity contribution >= 4 is 15.9 Å². The summed E-state index contributed by atoms with van der Waals surface area (Å²) in [6.07, 6.45) is 1.23. The van der Waals surface area contributed by atoms with Gasteiger partial charge in [-0.05, 0) is 24.6 Å². The second-order valence-corrected chi connectivity index (χ2v) is 6.17. The molecule has 2 atom stereocenters. The number of halogens is 1. The summed E-state index contributed by atoms with van der Waals surface area (Å²) in [4.78, 5) is 2.81. The summed E-state index contributed by atoms with van der Waals surface area (Å²) in [6, 6.07) is 8.78. The molecular weight excluding hydrogens is 278 g/mol. The summed E-state index contributed by atoms with van der Waals surface area (Å²) in [5, 5.41) is 0. The van der Waals surface area contributed by atoms with Gasteiger partial charge in [-0.15, -0.1) is 0 Å². The molecule has 1 aliphatic carbocycles. The topological polar surface area (TPSA) is 12.5 Å². The van der Waals surface area contributed by atoms with Gasteiger partial charge in [0.25, 0.3) is 0 Å². The summed E-state index contributed by atoms with van der Waals surface area (Å²) in [6.45, 7) is 2.95. The second-order valence-electron chi connectivity index (χ2n) is 4.87. The van der Waals surface area contributed by atoms with Gasteiger partial charge in [-0.3, -0.25) is 0 Å². The fourth-order valence-corrected chi connectivity index (χ4v) is 3.31. The summed E-state index contributed by atoms with van der Waals surface area (Å²) >= 11 is 3.63. The first-order valence-corrected chi connectivity index (χ1v) is 7.01. The summed E-state index contributed by atoms with van der Waals surface area (Å²) in [5.41, 5.74) is 3.07. The molecule has 17 heavy (non-hydrogen) atoms. The highest BCUT2D eigenvalue weighted by Gasteiger charge is 2.26. The van der Waals surface area contributed by atoms with Crippen molar-refractivity contribution in [2.75, 3.05) is 33.9 Å². The average Bonchev–Trinajstić information content (AvgIpc) is 2.26. The third-order valence-corrected chi connectivity index (χ3v) is 3.90. The predicted octanol–water partition coefficient (Wildman–Crippen LogP) is 2.67. The number of methoxy groups -OCH3 is 1. The van der Waals surface area contributed by atoms with Crippen molar-refractivity contribution in [1.82, 2.24) is 4.90 Å². The van der Waals surface area contributed by atoms with Gasteiger partial charge in [0, 0.05) is 26.1 Å². The Morgan fingerprint density at radius 1 is 1.47 bits per heavy atom. The highest BCUT2D eigenvalue weighted by molar-refractivity contribution is 9.09. The van der Waals surface area contributed by atoms with E-state index in [1.54, 1.807) is 7.11 Å². The lowest BCUT2D eigenvalue weighted by Crippen LogP contribution is -2.35. The van der Waals surface area contributed by atoms with Crippen LogP contribution >= 0.6 is 15.9 Å². The lowest BCUT2D eigenvalue weighted by Gasteiger charge is -2.34. The molecule has 0 fully saturated rings. The van der Waals surface area contributed by atoms with E-state index in [1.807, 2.05) is 0 Å². The largest absolute Gasteiger partial charge is 0.383 e. The van der Waals surface area contributed by atoms with E-state index in [-0.39, 0.29) is 0 Å². The van der Waals surface area contributed by atoms with Gasteiger partial charge in [-0.2, -0.15) is 0 Å². The van der Waals surface area contributed by atoms with Crippen LogP contribution in [0.25, 0.3) is 0 Å². The minimum Gasteiger partial charge on any atom is -0.383 e. The molecule has 0 aromatic heterocycles. The van der Waals surface area contributed by atoms with Gasteiger partial charge in [0.15, 0.2) is 0 Å². The lowest BCUT2D eigenvalue weighted by atomic mass is 9.77. The number of hydrogen-bond acceptors (Lipinski definition) is 2. The molecule has 2 nitrogen and oxygen atoms in total. The Balaban J connectivity index is 1.80. The van der Waals surface area contributed by atoms with Crippen LogP contribution in [0.1, 0.15) is 17.0 Å². The fourth-order valence-electron chi connectivity index (χ4n) is 2.55. The van der Waals surface area contributed by atoms with Gasteiger partial charge < -0.3 is 9.64 Å². The van der Waals surface area contributed by atoms with E-state index in [0.29, 0.717) is 4.83 Å². The molecule has 0 heterocycles. The maximum absolute atomic E-state index is 5.13. The maximum atomic E-state index is 5.13. The Morgan fingerprint density at radius 2 is 2.24 bits per heavy atom. The van der Waals surface area contributed by atoms with Crippen molar-refractivity contribution in [2.45, 2.75) is 17.2 Å². The minimum absolute atomic E-state index is 0.424. The van der Waals surface area contributed by atoms with Crippen molar-refractivity contribution in [3.05, 3.63) is 35.4 Å². The first-order chi connectivity index (χ1) is 8.20. The van der Waals surface area contributed by atoms with Gasteiger partial charge >= 0.3 is 0 Å². The average molecular weight is 298 g/mol. The zero-order valence-corrected chi connectivity index (χ0v) is 12.1. The number of rotatable bonds is 6. The third-order valence-electron chi connectivity index (χ3n) is 3.35. The van der Waals surface area contributed by atoms with Crippen LogP contribution in [-0.4, -0.2) is 43.6 Å². The normalized spacial score (nSPS) is 19.9. The van der Waals surface area contributed by atoms with Crippen LogP contribution in [0, 0.1) is 0 Å². The quantitative estimate of drug-likeness (QED) is 0.749. The zero-order valence-electron chi connectivity index (χ0n) is 10.5. The van der Waals surface area contributed by atoms with Crippen molar-refractivity contribution in [1.29, 1.82) is 0 Å². The Bertz CT molecular complexity index is 369. The molecule has 1 aromatic rings.